The van der Waals surface area contributed by atoms with Crippen LogP contribution in [0.4, 0.5) is 5.69 Å². The maximum absolute atomic E-state index is 12.9. The van der Waals surface area contributed by atoms with Gasteiger partial charge in [0.2, 0.25) is 5.91 Å². The molecule has 2 N–H and O–H groups in total. The van der Waals surface area contributed by atoms with Crippen molar-refractivity contribution < 1.29 is 9.59 Å². The molecule has 0 radical (unpaired) electrons. The Bertz CT molecular complexity index is 776. The predicted molar refractivity (Wildman–Crippen MR) is 100 cm³/mol. The van der Waals surface area contributed by atoms with E-state index in [2.05, 4.69) is 29.5 Å². The zero-order chi connectivity index (χ0) is 18.5. The van der Waals surface area contributed by atoms with Gasteiger partial charge in [-0.3, -0.25) is 14.6 Å². The first kappa shape index (κ1) is 17.9. The Balaban J connectivity index is 1.70. The lowest BCUT2D eigenvalue weighted by Gasteiger charge is -2.38. The molecule has 26 heavy (non-hydrogen) atoms. The van der Waals surface area contributed by atoms with Gasteiger partial charge in [-0.05, 0) is 36.6 Å². The zero-order valence-electron chi connectivity index (χ0n) is 15.1. The molecule has 1 aliphatic heterocycles. The number of hydrogen-bond donors (Lipinski definition) is 2. The number of para-hydroxylation sites is 1. The van der Waals surface area contributed by atoms with Gasteiger partial charge < -0.3 is 15.5 Å². The number of hydrogen-bond acceptors (Lipinski definition) is 4. The summed E-state index contributed by atoms with van der Waals surface area (Å²) in [4.78, 5) is 31.1. The Labute approximate surface area is 153 Å². The molecule has 0 unspecified atom stereocenters. The highest BCUT2D eigenvalue weighted by Crippen LogP contribution is 2.27. The van der Waals surface area contributed by atoms with Crippen LogP contribution in [0, 0.1) is 5.92 Å². The van der Waals surface area contributed by atoms with Gasteiger partial charge in [-0.15, -0.1) is 0 Å². The molecule has 1 aliphatic rings. The highest BCUT2D eigenvalue weighted by atomic mass is 16.2. The molecule has 0 spiro atoms. The molecule has 2 heterocycles. The predicted octanol–water partition coefficient (Wildman–Crippen LogP) is 2.64. The Kier molecular flexibility index (Phi) is 5.51. The second-order valence-electron chi connectivity index (χ2n) is 6.87. The largest absolute Gasteiger partial charge is 0.364 e. The Morgan fingerprint density at radius 1 is 1.23 bits per heavy atom. The Morgan fingerprint density at radius 3 is 2.73 bits per heavy atom. The number of benzene rings is 1. The third-order valence-corrected chi connectivity index (χ3v) is 4.32. The minimum Gasteiger partial charge on any atom is -0.364 e. The number of carbonyl (C=O) groups is 2. The molecule has 2 aromatic rings. The number of rotatable bonds is 6. The van der Waals surface area contributed by atoms with Crippen molar-refractivity contribution in [2.45, 2.75) is 33.0 Å². The van der Waals surface area contributed by atoms with E-state index in [4.69, 9.17) is 0 Å². The molecule has 1 atom stereocenters. The average molecular weight is 352 g/mol. The van der Waals surface area contributed by atoms with Crippen molar-refractivity contribution >= 4 is 17.5 Å². The van der Waals surface area contributed by atoms with Crippen molar-refractivity contribution in [1.29, 1.82) is 0 Å². The molecule has 6 nitrogen and oxygen atoms in total. The van der Waals surface area contributed by atoms with E-state index in [1.807, 2.05) is 36.4 Å². The van der Waals surface area contributed by atoms with E-state index in [0.717, 1.165) is 17.8 Å². The second kappa shape index (κ2) is 7.99. The summed E-state index contributed by atoms with van der Waals surface area (Å²) in [7, 11) is 0. The van der Waals surface area contributed by atoms with Crippen molar-refractivity contribution in [1.82, 2.24) is 15.2 Å². The summed E-state index contributed by atoms with van der Waals surface area (Å²) in [6.07, 6.45) is 2.26. The van der Waals surface area contributed by atoms with Crippen LogP contribution in [0.25, 0.3) is 0 Å². The SMILES string of the molecule is CC(C)C[C@@H]1Nc2ccccc2C(=O)N1CC(=O)NCc1ccccn1. The first-order valence-electron chi connectivity index (χ1n) is 8.87. The third-order valence-electron chi connectivity index (χ3n) is 4.32. The summed E-state index contributed by atoms with van der Waals surface area (Å²) in [5.74, 6) is 0.0848. The van der Waals surface area contributed by atoms with Gasteiger partial charge in [-0.25, -0.2) is 0 Å². The lowest BCUT2D eigenvalue weighted by Crippen LogP contribution is -2.52. The zero-order valence-corrected chi connectivity index (χ0v) is 15.1. The first-order chi connectivity index (χ1) is 12.5. The molecule has 2 amide bonds. The molecular weight excluding hydrogens is 328 g/mol. The topological polar surface area (TPSA) is 74.3 Å². The van der Waals surface area contributed by atoms with Crippen molar-refractivity contribution in [3.8, 4) is 0 Å². The molecule has 136 valence electrons. The molecule has 0 saturated heterocycles. The fraction of sp³-hybridized carbons (Fsp3) is 0.350. The molecule has 0 aliphatic carbocycles. The van der Waals surface area contributed by atoms with Gasteiger partial charge in [0.1, 0.15) is 12.7 Å². The van der Waals surface area contributed by atoms with Crippen LogP contribution >= 0.6 is 0 Å². The summed E-state index contributed by atoms with van der Waals surface area (Å²) in [5.41, 5.74) is 2.21. The monoisotopic (exact) mass is 352 g/mol. The smallest absolute Gasteiger partial charge is 0.258 e. The highest BCUT2D eigenvalue weighted by Gasteiger charge is 2.33. The number of carbonyl (C=O) groups excluding carboxylic acids is 2. The summed E-state index contributed by atoms with van der Waals surface area (Å²) in [6.45, 7) is 4.57. The summed E-state index contributed by atoms with van der Waals surface area (Å²) >= 11 is 0. The number of nitrogens with one attached hydrogen (secondary N) is 2. The summed E-state index contributed by atoms with van der Waals surface area (Å²) in [5, 5.41) is 6.24. The normalized spacial score (nSPS) is 16.2. The van der Waals surface area contributed by atoms with Gasteiger partial charge in [0.05, 0.1) is 17.8 Å². The van der Waals surface area contributed by atoms with Crippen molar-refractivity contribution in [3.63, 3.8) is 0 Å². The Morgan fingerprint density at radius 2 is 2.00 bits per heavy atom. The molecule has 0 bridgehead atoms. The van der Waals surface area contributed by atoms with Gasteiger partial charge in [0.15, 0.2) is 0 Å². The quantitative estimate of drug-likeness (QED) is 0.838. The minimum absolute atomic E-state index is 0.0182. The molecule has 0 saturated carbocycles. The van der Waals surface area contributed by atoms with Crippen LogP contribution in [0.5, 0.6) is 0 Å². The maximum Gasteiger partial charge on any atom is 0.258 e. The standard InChI is InChI=1S/C20H24N4O2/c1-14(2)11-18-23-17-9-4-3-8-16(17)20(26)24(18)13-19(25)22-12-15-7-5-6-10-21-15/h3-10,14,18,23H,11-13H2,1-2H3,(H,22,25)/t18-/m1/s1. The number of aromatic nitrogens is 1. The van der Waals surface area contributed by atoms with Gasteiger partial charge >= 0.3 is 0 Å². The van der Waals surface area contributed by atoms with Gasteiger partial charge in [-0.1, -0.05) is 32.0 Å². The van der Waals surface area contributed by atoms with Crippen LogP contribution in [0.3, 0.4) is 0 Å². The second-order valence-corrected chi connectivity index (χ2v) is 6.87. The highest BCUT2D eigenvalue weighted by molar-refractivity contribution is 6.03. The lowest BCUT2D eigenvalue weighted by molar-refractivity contribution is -0.122. The van der Waals surface area contributed by atoms with Crippen LogP contribution in [0.1, 0.15) is 36.3 Å². The average Bonchev–Trinajstić information content (AvgIpc) is 2.64. The minimum atomic E-state index is -0.196. The van der Waals surface area contributed by atoms with Crippen molar-refractivity contribution in [2.24, 2.45) is 5.92 Å². The maximum atomic E-state index is 12.9. The van der Waals surface area contributed by atoms with Crippen LogP contribution in [0.2, 0.25) is 0 Å². The van der Waals surface area contributed by atoms with Crippen molar-refractivity contribution in [3.05, 3.63) is 59.9 Å². The Hall–Kier alpha value is -2.89. The van der Waals surface area contributed by atoms with Crippen LogP contribution in [0.15, 0.2) is 48.7 Å². The van der Waals surface area contributed by atoms with Crippen LogP contribution in [-0.2, 0) is 11.3 Å². The third kappa shape index (κ3) is 4.20. The van der Waals surface area contributed by atoms with Gasteiger partial charge in [0.25, 0.3) is 5.91 Å². The molecule has 3 rings (SSSR count). The molecule has 1 aromatic heterocycles. The molecular formula is C20H24N4O2. The molecule has 6 heteroatoms. The van der Waals surface area contributed by atoms with E-state index < -0.39 is 0 Å². The van der Waals surface area contributed by atoms with E-state index in [0.29, 0.717) is 18.0 Å². The summed E-state index contributed by atoms with van der Waals surface area (Å²) in [6, 6.07) is 13.0. The lowest BCUT2D eigenvalue weighted by atomic mass is 10.0. The van der Waals surface area contributed by atoms with E-state index in [1.54, 1.807) is 17.2 Å². The fourth-order valence-corrected chi connectivity index (χ4v) is 3.07. The van der Waals surface area contributed by atoms with E-state index in [1.165, 1.54) is 0 Å². The van der Waals surface area contributed by atoms with Gasteiger partial charge in [0, 0.05) is 11.9 Å². The number of fused-ring (bicyclic) bond motifs is 1. The summed E-state index contributed by atoms with van der Waals surface area (Å²) < 4.78 is 0. The number of nitrogens with zero attached hydrogens (tertiary/aromatic N) is 2. The van der Waals surface area contributed by atoms with Crippen LogP contribution < -0.4 is 10.6 Å². The van der Waals surface area contributed by atoms with Gasteiger partial charge in [-0.2, -0.15) is 0 Å². The number of anilines is 1. The van der Waals surface area contributed by atoms with E-state index in [9.17, 15) is 9.59 Å². The van der Waals surface area contributed by atoms with E-state index in [-0.39, 0.29) is 24.5 Å². The van der Waals surface area contributed by atoms with Crippen LogP contribution in [-0.4, -0.2) is 34.4 Å². The number of amides is 2. The fourth-order valence-electron chi connectivity index (χ4n) is 3.07. The first-order valence-corrected chi connectivity index (χ1v) is 8.87. The van der Waals surface area contributed by atoms with Crippen molar-refractivity contribution in [2.75, 3.05) is 11.9 Å². The molecule has 0 fully saturated rings. The van der Waals surface area contributed by atoms with E-state index >= 15 is 0 Å². The molecule has 1 aromatic carbocycles. The number of pyridine rings is 1.